The van der Waals surface area contributed by atoms with Gasteiger partial charge in [0.05, 0.1) is 23.7 Å². The summed E-state index contributed by atoms with van der Waals surface area (Å²) >= 11 is 2.55. The first-order chi connectivity index (χ1) is 12.8. The molecule has 9 heteroatoms. The molecule has 1 saturated heterocycles. The molecule has 1 amide bonds. The smallest absolute Gasteiger partial charge is 0.236 e. The fourth-order valence-corrected chi connectivity index (χ4v) is 3.41. The van der Waals surface area contributed by atoms with E-state index < -0.39 is 0 Å². The van der Waals surface area contributed by atoms with Crippen LogP contribution in [0.5, 0.6) is 5.75 Å². The second-order valence-corrected chi connectivity index (χ2v) is 6.92. The van der Waals surface area contributed by atoms with Crippen molar-refractivity contribution in [3.05, 3.63) is 53.6 Å². The van der Waals surface area contributed by atoms with Crippen molar-refractivity contribution in [3.63, 3.8) is 0 Å². The summed E-state index contributed by atoms with van der Waals surface area (Å²) in [4.78, 5) is 11.1. The molecule has 0 bridgehead atoms. The number of benzene rings is 2. The summed E-state index contributed by atoms with van der Waals surface area (Å²) in [7, 11) is 0. The third-order valence-corrected chi connectivity index (χ3v) is 4.97. The van der Waals surface area contributed by atoms with E-state index in [1.807, 2.05) is 42.5 Å². The molecule has 3 aromatic rings. The molecule has 130 valence electrons. The zero-order chi connectivity index (χ0) is 17.8. The van der Waals surface area contributed by atoms with Gasteiger partial charge in [0.25, 0.3) is 0 Å². The summed E-state index contributed by atoms with van der Waals surface area (Å²) in [6.45, 7) is 0.464. The third kappa shape index (κ3) is 4.06. The second-order valence-electron chi connectivity index (χ2n) is 5.43. The van der Waals surface area contributed by atoms with Crippen molar-refractivity contribution in [1.29, 1.82) is 0 Å². The monoisotopic (exact) mass is 383 g/mol. The Morgan fingerprint density at radius 2 is 2.00 bits per heavy atom. The number of hydrogen-bond acceptors (Lipinski definition) is 8. The fraction of sp³-hybridized carbons (Fsp3) is 0.118. The molecule has 2 heterocycles. The first kappa shape index (κ1) is 16.7. The molecule has 7 nitrogen and oxygen atoms in total. The number of rotatable bonds is 5. The van der Waals surface area contributed by atoms with Gasteiger partial charge in [0.2, 0.25) is 5.91 Å². The van der Waals surface area contributed by atoms with Gasteiger partial charge < -0.3 is 10.1 Å². The number of carbonyl (C=O) groups is 1. The standard InChI is InChI=1S/C17H13N5O2S2/c23-16-10-25-17(19-16)20-18-8-11-1-4-13(5-2-11)24-9-12-3-6-14-15(7-12)22-26-21-14/h1-8H,9-10H2,(H,19,20,23). The van der Waals surface area contributed by atoms with Crippen LogP contribution in [0.25, 0.3) is 11.0 Å². The lowest BCUT2D eigenvalue weighted by molar-refractivity contribution is -0.116. The van der Waals surface area contributed by atoms with E-state index in [2.05, 4.69) is 24.3 Å². The van der Waals surface area contributed by atoms with Crippen LogP contribution in [-0.4, -0.2) is 31.8 Å². The van der Waals surface area contributed by atoms with Gasteiger partial charge in [0, 0.05) is 0 Å². The highest BCUT2D eigenvalue weighted by molar-refractivity contribution is 8.15. The van der Waals surface area contributed by atoms with Crippen molar-refractivity contribution in [2.75, 3.05) is 5.75 Å². The van der Waals surface area contributed by atoms with E-state index >= 15 is 0 Å². The summed E-state index contributed by atoms with van der Waals surface area (Å²) in [5.74, 6) is 1.12. The molecular weight excluding hydrogens is 370 g/mol. The first-order valence-corrected chi connectivity index (χ1v) is 9.45. The Balaban J connectivity index is 1.34. The molecule has 1 N–H and O–H groups in total. The summed E-state index contributed by atoms with van der Waals surface area (Å²) < 4.78 is 14.2. The van der Waals surface area contributed by atoms with Crippen molar-refractivity contribution in [2.24, 2.45) is 10.2 Å². The van der Waals surface area contributed by atoms with Gasteiger partial charge in [-0.15, -0.1) is 5.10 Å². The van der Waals surface area contributed by atoms with Gasteiger partial charge in [0.1, 0.15) is 23.4 Å². The van der Waals surface area contributed by atoms with Crippen molar-refractivity contribution in [2.45, 2.75) is 6.61 Å². The van der Waals surface area contributed by atoms with Gasteiger partial charge in [-0.3, -0.25) is 4.79 Å². The van der Waals surface area contributed by atoms with E-state index in [1.165, 1.54) is 23.5 Å². The Bertz CT molecular complexity index is 998. The Kier molecular flexibility index (Phi) is 4.89. The minimum absolute atomic E-state index is 0.0457. The van der Waals surface area contributed by atoms with E-state index in [1.54, 1.807) is 6.21 Å². The average Bonchev–Trinajstić information content (AvgIpc) is 3.29. The molecule has 0 spiro atoms. The summed E-state index contributed by atoms with van der Waals surface area (Å²) in [5.41, 5.74) is 3.73. The maximum absolute atomic E-state index is 11.1. The zero-order valence-electron chi connectivity index (χ0n) is 13.5. The topological polar surface area (TPSA) is 88.8 Å². The summed E-state index contributed by atoms with van der Waals surface area (Å²) in [5, 5.41) is 11.1. The predicted molar refractivity (Wildman–Crippen MR) is 104 cm³/mol. The Morgan fingerprint density at radius 3 is 2.81 bits per heavy atom. The number of ether oxygens (including phenoxy) is 1. The van der Waals surface area contributed by atoms with Gasteiger partial charge in [-0.1, -0.05) is 17.8 Å². The average molecular weight is 383 g/mol. The lowest BCUT2D eigenvalue weighted by Crippen LogP contribution is -2.19. The van der Waals surface area contributed by atoms with Crippen molar-refractivity contribution in [3.8, 4) is 5.75 Å². The molecule has 0 unspecified atom stereocenters. The van der Waals surface area contributed by atoms with Gasteiger partial charge in [-0.2, -0.15) is 13.8 Å². The van der Waals surface area contributed by atoms with Crippen LogP contribution in [0, 0.1) is 0 Å². The van der Waals surface area contributed by atoms with Crippen LogP contribution in [0.2, 0.25) is 0 Å². The Morgan fingerprint density at radius 1 is 1.15 bits per heavy atom. The molecule has 1 aliphatic heterocycles. The van der Waals surface area contributed by atoms with Crippen LogP contribution < -0.4 is 10.1 Å². The Hall–Kier alpha value is -2.78. The minimum atomic E-state index is -0.0457. The SMILES string of the molecule is O=C1CSC(=NN=Cc2ccc(OCc3ccc4nsnc4c3)cc2)N1. The summed E-state index contributed by atoms with van der Waals surface area (Å²) in [6, 6.07) is 13.5. The lowest BCUT2D eigenvalue weighted by Gasteiger charge is -2.06. The van der Waals surface area contributed by atoms with E-state index in [0.29, 0.717) is 17.5 Å². The van der Waals surface area contributed by atoms with E-state index in [-0.39, 0.29) is 5.91 Å². The lowest BCUT2D eigenvalue weighted by atomic mass is 10.2. The number of nitrogens with one attached hydrogen (secondary N) is 1. The highest BCUT2D eigenvalue weighted by atomic mass is 32.2. The number of amidine groups is 1. The van der Waals surface area contributed by atoms with E-state index in [9.17, 15) is 4.79 Å². The molecule has 1 aromatic heterocycles. The molecule has 0 atom stereocenters. The molecule has 1 aliphatic rings. The maximum atomic E-state index is 11.1. The number of nitrogens with zero attached hydrogens (tertiary/aromatic N) is 4. The number of fused-ring (bicyclic) bond motifs is 1. The van der Waals surface area contributed by atoms with Crippen LogP contribution in [0.1, 0.15) is 11.1 Å². The number of aromatic nitrogens is 2. The fourth-order valence-electron chi connectivity index (χ4n) is 2.26. The van der Waals surface area contributed by atoms with E-state index in [0.717, 1.165) is 27.9 Å². The molecule has 4 rings (SSSR count). The van der Waals surface area contributed by atoms with Crippen molar-refractivity contribution >= 4 is 51.8 Å². The molecule has 0 saturated carbocycles. The van der Waals surface area contributed by atoms with E-state index in [4.69, 9.17) is 4.74 Å². The van der Waals surface area contributed by atoms with Crippen LogP contribution in [0.15, 0.2) is 52.7 Å². The van der Waals surface area contributed by atoms with Crippen LogP contribution in [0.4, 0.5) is 0 Å². The predicted octanol–water partition coefficient (Wildman–Crippen LogP) is 2.82. The molecule has 0 radical (unpaired) electrons. The van der Waals surface area contributed by atoms with Crippen molar-refractivity contribution < 1.29 is 9.53 Å². The van der Waals surface area contributed by atoms with Crippen LogP contribution in [-0.2, 0) is 11.4 Å². The largest absolute Gasteiger partial charge is 0.489 e. The van der Waals surface area contributed by atoms with Crippen LogP contribution >= 0.6 is 23.5 Å². The highest BCUT2D eigenvalue weighted by Gasteiger charge is 2.15. The number of hydrogen-bond donors (Lipinski definition) is 1. The molecule has 0 aliphatic carbocycles. The van der Waals surface area contributed by atoms with Gasteiger partial charge >= 0.3 is 0 Å². The van der Waals surface area contributed by atoms with Crippen LogP contribution in [0.3, 0.4) is 0 Å². The third-order valence-electron chi connectivity index (χ3n) is 3.55. The van der Waals surface area contributed by atoms with Gasteiger partial charge in [-0.25, -0.2) is 0 Å². The first-order valence-electron chi connectivity index (χ1n) is 7.74. The molecule has 2 aromatic carbocycles. The number of amides is 1. The maximum Gasteiger partial charge on any atom is 0.236 e. The quantitative estimate of drug-likeness (QED) is 0.541. The minimum Gasteiger partial charge on any atom is -0.489 e. The van der Waals surface area contributed by atoms with Gasteiger partial charge in [0.15, 0.2) is 5.17 Å². The summed E-state index contributed by atoms with van der Waals surface area (Å²) in [6.07, 6.45) is 1.63. The molecular formula is C17H13N5O2S2. The number of carbonyl (C=O) groups excluding carboxylic acids is 1. The zero-order valence-corrected chi connectivity index (χ0v) is 15.1. The molecule has 1 fully saturated rings. The van der Waals surface area contributed by atoms with Crippen molar-refractivity contribution in [1.82, 2.24) is 14.1 Å². The molecule has 26 heavy (non-hydrogen) atoms. The normalized spacial score (nSPS) is 15.8. The number of thioether (sulfide) groups is 1. The Labute approximate surface area is 157 Å². The van der Waals surface area contributed by atoms with Gasteiger partial charge in [-0.05, 0) is 47.5 Å². The highest BCUT2D eigenvalue weighted by Crippen LogP contribution is 2.17. The second kappa shape index (κ2) is 7.63.